The van der Waals surface area contributed by atoms with Gasteiger partial charge in [-0.2, -0.15) is 5.26 Å². The molecule has 0 amide bonds. The summed E-state index contributed by atoms with van der Waals surface area (Å²) in [6.45, 7) is -0.264. The van der Waals surface area contributed by atoms with E-state index in [0.717, 1.165) is 19.2 Å². The zero-order valence-corrected chi connectivity index (χ0v) is 9.04. The van der Waals surface area contributed by atoms with Crippen molar-refractivity contribution in [1.29, 1.82) is 5.26 Å². The Morgan fingerprint density at radius 1 is 1.59 bits per heavy atom. The van der Waals surface area contributed by atoms with E-state index in [0.29, 0.717) is 0 Å². The smallest absolute Gasteiger partial charge is 0.339 e. The Morgan fingerprint density at radius 3 is 2.65 bits per heavy atom. The summed E-state index contributed by atoms with van der Waals surface area (Å²) in [6, 6.07) is 4.01. The number of halogens is 2. The van der Waals surface area contributed by atoms with Gasteiger partial charge in [-0.15, -0.1) is 0 Å². The molecule has 0 radical (unpaired) electrons. The molecular weight excluding hydrogens is 230 g/mol. The van der Waals surface area contributed by atoms with E-state index in [1.807, 2.05) is 0 Å². The van der Waals surface area contributed by atoms with Crippen LogP contribution in [-0.2, 0) is 11.3 Å². The van der Waals surface area contributed by atoms with E-state index in [2.05, 4.69) is 4.74 Å². The van der Waals surface area contributed by atoms with Crippen LogP contribution in [-0.4, -0.2) is 13.1 Å². The Labute approximate surface area is 96.6 Å². The van der Waals surface area contributed by atoms with Crippen LogP contribution in [0.1, 0.15) is 33.5 Å². The number of hydrogen-bond donors (Lipinski definition) is 1. The number of nitriles is 1. The van der Waals surface area contributed by atoms with Gasteiger partial charge in [0, 0.05) is 12.1 Å². The number of esters is 1. The average Bonchev–Trinajstić information content (AvgIpc) is 2.35. The molecule has 0 fully saturated rings. The van der Waals surface area contributed by atoms with Gasteiger partial charge in [-0.3, -0.25) is 0 Å². The third-order valence-corrected chi connectivity index (χ3v) is 2.30. The van der Waals surface area contributed by atoms with Gasteiger partial charge in [-0.05, 0) is 11.6 Å². The lowest BCUT2D eigenvalue weighted by Crippen LogP contribution is -2.14. The van der Waals surface area contributed by atoms with Crippen LogP contribution >= 0.6 is 0 Å². The first kappa shape index (κ1) is 13.1. The van der Waals surface area contributed by atoms with Crippen LogP contribution in [0.4, 0.5) is 8.78 Å². The number of hydrogen-bond acceptors (Lipinski definition) is 4. The fourth-order valence-corrected chi connectivity index (χ4v) is 1.52. The molecule has 0 aliphatic heterocycles. The van der Waals surface area contributed by atoms with E-state index in [-0.39, 0.29) is 28.8 Å². The summed E-state index contributed by atoms with van der Waals surface area (Å²) in [5, 5.41) is 8.83. The maximum absolute atomic E-state index is 12.7. The first-order valence-electron chi connectivity index (χ1n) is 4.69. The van der Waals surface area contributed by atoms with Gasteiger partial charge >= 0.3 is 5.97 Å². The van der Waals surface area contributed by atoms with Crippen molar-refractivity contribution < 1.29 is 18.3 Å². The van der Waals surface area contributed by atoms with Gasteiger partial charge in [0.1, 0.15) is 6.07 Å². The molecule has 0 aliphatic rings. The van der Waals surface area contributed by atoms with Crippen molar-refractivity contribution in [1.82, 2.24) is 0 Å². The molecule has 0 aliphatic carbocycles. The SMILES string of the molecule is COC(=O)c1c(C#N)ccc(C(F)F)c1CN. The summed E-state index contributed by atoms with van der Waals surface area (Å²) in [5.41, 5.74) is 4.74. The predicted octanol–water partition coefficient (Wildman–Crippen LogP) is 1.74. The van der Waals surface area contributed by atoms with Crippen molar-refractivity contribution in [2.45, 2.75) is 13.0 Å². The zero-order chi connectivity index (χ0) is 13.0. The Balaban J connectivity index is 3.56. The summed E-state index contributed by atoms with van der Waals surface area (Å²) in [5.74, 6) is -0.843. The van der Waals surface area contributed by atoms with Crippen LogP contribution in [0.5, 0.6) is 0 Å². The third-order valence-electron chi connectivity index (χ3n) is 2.30. The number of carbonyl (C=O) groups is 1. The molecule has 6 heteroatoms. The van der Waals surface area contributed by atoms with Crippen molar-refractivity contribution in [3.63, 3.8) is 0 Å². The molecule has 0 atom stereocenters. The second-order valence-corrected chi connectivity index (χ2v) is 3.16. The van der Waals surface area contributed by atoms with Gasteiger partial charge in [-0.1, -0.05) is 6.07 Å². The Kier molecular flexibility index (Phi) is 4.12. The molecule has 0 spiro atoms. The summed E-state index contributed by atoms with van der Waals surface area (Å²) in [7, 11) is 1.11. The highest BCUT2D eigenvalue weighted by molar-refractivity contribution is 5.94. The second-order valence-electron chi connectivity index (χ2n) is 3.16. The topological polar surface area (TPSA) is 76.1 Å². The molecule has 17 heavy (non-hydrogen) atoms. The van der Waals surface area contributed by atoms with Crippen LogP contribution in [0.15, 0.2) is 12.1 Å². The summed E-state index contributed by atoms with van der Waals surface area (Å²) in [4.78, 5) is 11.5. The predicted molar refractivity (Wildman–Crippen MR) is 55.3 cm³/mol. The van der Waals surface area contributed by atoms with E-state index in [1.54, 1.807) is 6.07 Å². The molecule has 0 unspecified atom stereocenters. The molecule has 0 heterocycles. The first-order valence-corrected chi connectivity index (χ1v) is 4.69. The minimum absolute atomic E-state index is 0.0262. The maximum Gasteiger partial charge on any atom is 0.339 e. The van der Waals surface area contributed by atoms with Gasteiger partial charge in [0.05, 0.1) is 18.2 Å². The van der Waals surface area contributed by atoms with Crippen LogP contribution in [0.25, 0.3) is 0 Å². The third kappa shape index (κ3) is 2.40. The lowest BCUT2D eigenvalue weighted by atomic mass is 9.96. The van der Waals surface area contributed by atoms with Gasteiger partial charge in [0.2, 0.25) is 0 Å². The molecule has 0 bridgehead atoms. The number of methoxy groups -OCH3 is 1. The maximum atomic E-state index is 12.7. The van der Waals surface area contributed by atoms with E-state index < -0.39 is 12.4 Å². The minimum atomic E-state index is -2.76. The molecule has 0 aromatic heterocycles. The molecule has 4 nitrogen and oxygen atoms in total. The van der Waals surface area contributed by atoms with Crippen molar-refractivity contribution in [3.8, 4) is 6.07 Å². The number of nitrogens with two attached hydrogens (primary N) is 1. The quantitative estimate of drug-likeness (QED) is 0.816. The highest BCUT2D eigenvalue weighted by atomic mass is 19.3. The fourth-order valence-electron chi connectivity index (χ4n) is 1.52. The number of ether oxygens (including phenoxy) is 1. The van der Waals surface area contributed by atoms with Gasteiger partial charge in [0.15, 0.2) is 0 Å². The molecule has 0 saturated heterocycles. The standard InChI is InChI=1S/C11H10F2N2O2/c1-17-11(16)9-6(4-14)2-3-7(10(12)13)8(9)5-15/h2-3,10H,5,15H2,1H3. The lowest BCUT2D eigenvalue weighted by Gasteiger charge is -2.12. The zero-order valence-electron chi connectivity index (χ0n) is 9.04. The van der Waals surface area contributed by atoms with Crippen LogP contribution in [0.3, 0.4) is 0 Å². The van der Waals surface area contributed by atoms with Gasteiger partial charge in [-0.25, -0.2) is 13.6 Å². The Morgan fingerprint density at radius 2 is 2.24 bits per heavy atom. The number of benzene rings is 1. The minimum Gasteiger partial charge on any atom is -0.465 e. The average molecular weight is 240 g/mol. The summed E-state index contributed by atoms with van der Waals surface area (Å²) >= 11 is 0. The summed E-state index contributed by atoms with van der Waals surface area (Å²) < 4.78 is 29.9. The Bertz CT molecular complexity index is 481. The summed E-state index contributed by atoms with van der Waals surface area (Å²) in [6.07, 6.45) is -2.76. The number of nitrogens with zero attached hydrogens (tertiary/aromatic N) is 1. The fraction of sp³-hybridized carbons (Fsp3) is 0.273. The number of rotatable bonds is 3. The molecule has 0 saturated carbocycles. The molecule has 90 valence electrons. The normalized spacial score (nSPS) is 10.1. The van der Waals surface area contributed by atoms with Crippen molar-refractivity contribution >= 4 is 5.97 Å². The number of alkyl halides is 2. The molecule has 1 aromatic carbocycles. The van der Waals surface area contributed by atoms with Crippen LogP contribution in [0, 0.1) is 11.3 Å². The van der Waals surface area contributed by atoms with Crippen molar-refractivity contribution in [2.24, 2.45) is 5.73 Å². The second kappa shape index (κ2) is 5.37. The van der Waals surface area contributed by atoms with E-state index in [4.69, 9.17) is 11.0 Å². The van der Waals surface area contributed by atoms with Crippen LogP contribution in [0.2, 0.25) is 0 Å². The monoisotopic (exact) mass is 240 g/mol. The first-order chi connectivity index (χ1) is 8.06. The molecular formula is C11H10F2N2O2. The van der Waals surface area contributed by atoms with Crippen LogP contribution < -0.4 is 5.73 Å². The van der Waals surface area contributed by atoms with E-state index in [1.165, 1.54) is 0 Å². The van der Waals surface area contributed by atoms with E-state index in [9.17, 15) is 13.6 Å². The highest BCUT2D eigenvalue weighted by Gasteiger charge is 2.23. The van der Waals surface area contributed by atoms with Crippen molar-refractivity contribution in [3.05, 3.63) is 34.4 Å². The van der Waals surface area contributed by atoms with Gasteiger partial charge < -0.3 is 10.5 Å². The largest absolute Gasteiger partial charge is 0.465 e. The van der Waals surface area contributed by atoms with E-state index >= 15 is 0 Å². The highest BCUT2D eigenvalue weighted by Crippen LogP contribution is 2.27. The molecule has 2 N–H and O–H groups in total. The molecule has 1 aromatic rings. The number of carbonyl (C=O) groups excluding carboxylic acids is 1. The molecule has 1 rings (SSSR count). The van der Waals surface area contributed by atoms with Crippen molar-refractivity contribution in [2.75, 3.05) is 7.11 Å². The van der Waals surface area contributed by atoms with Gasteiger partial charge in [0.25, 0.3) is 6.43 Å². The lowest BCUT2D eigenvalue weighted by molar-refractivity contribution is 0.0598. The Hall–Kier alpha value is -2.00.